The van der Waals surface area contributed by atoms with Crippen molar-refractivity contribution in [3.63, 3.8) is 0 Å². The lowest BCUT2D eigenvalue weighted by atomic mass is 10.2. The van der Waals surface area contributed by atoms with Gasteiger partial charge in [-0.15, -0.1) is 0 Å². The van der Waals surface area contributed by atoms with E-state index < -0.39 is 0 Å². The van der Waals surface area contributed by atoms with Crippen LogP contribution in [0, 0.1) is 0 Å². The lowest BCUT2D eigenvalue weighted by molar-refractivity contribution is 0.483. The van der Waals surface area contributed by atoms with Crippen LogP contribution in [0.15, 0.2) is 66.7 Å². The third-order valence-electron chi connectivity index (χ3n) is 3.31. The highest BCUT2D eigenvalue weighted by Crippen LogP contribution is 2.29. The van der Waals surface area contributed by atoms with Gasteiger partial charge in [0.1, 0.15) is 11.5 Å². The molecule has 0 amide bonds. The predicted molar refractivity (Wildman–Crippen MR) is 95.9 cm³/mol. The lowest BCUT2D eigenvalue weighted by Gasteiger charge is -2.12. The van der Waals surface area contributed by atoms with Crippen LogP contribution in [0.3, 0.4) is 0 Å². The summed E-state index contributed by atoms with van der Waals surface area (Å²) >= 11 is 0. The minimum absolute atomic E-state index is 0.629. The van der Waals surface area contributed by atoms with E-state index >= 15 is 0 Å². The van der Waals surface area contributed by atoms with Crippen molar-refractivity contribution in [1.29, 1.82) is 0 Å². The van der Waals surface area contributed by atoms with E-state index in [0.717, 1.165) is 17.1 Å². The molecule has 0 aliphatic carbocycles. The van der Waals surface area contributed by atoms with Gasteiger partial charge in [-0.25, -0.2) is 0 Å². The smallest absolute Gasteiger partial charge is 0.129 e. The molecule has 5 heteroatoms. The molecule has 0 spiro atoms. The second-order valence-electron chi connectivity index (χ2n) is 5.17. The Kier molecular flexibility index (Phi) is 3.93. The highest BCUT2D eigenvalue weighted by Gasteiger charge is 2.03. The van der Waals surface area contributed by atoms with Gasteiger partial charge in [0.15, 0.2) is 0 Å². The first-order chi connectivity index (χ1) is 11.1. The SMILES string of the molecule is Nc1ccc(Oc2cccc(Nc3cc(N)ccc3N)c2)cc1. The molecule has 0 aromatic heterocycles. The van der Waals surface area contributed by atoms with Gasteiger partial charge in [-0.05, 0) is 54.6 Å². The van der Waals surface area contributed by atoms with Crippen molar-refractivity contribution in [3.8, 4) is 11.5 Å². The molecular formula is C18H18N4O. The molecule has 7 N–H and O–H groups in total. The molecule has 5 nitrogen and oxygen atoms in total. The summed E-state index contributed by atoms with van der Waals surface area (Å²) in [4.78, 5) is 0. The Morgan fingerprint density at radius 1 is 0.696 bits per heavy atom. The Hall–Kier alpha value is -3.34. The van der Waals surface area contributed by atoms with Crippen LogP contribution in [-0.2, 0) is 0 Å². The minimum Gasteiger partial charge on any atom is -0.457 e. The summed E-state index contributed by atoms with van der Waals surface area (Å²) < 4.78 is 5.81. The van der Waals surface area contributed by atoms with E-state index in [2.05, 4.69) is 5.32 Å². The molecule has 0 saturated heterocycles. The number of nitrogens with one attached hydrogen (secondary N) is 1. The van der Waals surface area contributed by atoms with Gasteiger partial charge in [-0.1, -0.05) is 6.07 Å². The zero-order valence-electron chi connectivity index (χ0n) is 12.5. The first-order valence-electron chi connectivity index (χ1n) is 7.16. The van der Waals surface area contributed by atoms with Crippen LogP contribution < -0.4 is 27.3 Å². The van der Waals surface area contributed by atoms with Gasteiger partial charge >= 0.3 is 0 Å². The van der Waals surface area contributed by atoms with Gasteiger partial charge in [0, 0.05) is 23.1 Å². The molecule has 3 aromatic rings. The number of nitrogen functional groups attached to an aromatic ring is 3. The third-order valence-corrected chi connectivity index (χ3v) is 3.31. The van der Waals surface area contributed by atoms with Gasteiger partial charge in [-0.3, -0.25) is 0 Å². The van der Waals surface area contributed by atoms with E-state index in [-0.39, 0.29) is 0 Å². The average molecular weight is 306 g/mol. The van der Waals surface area contributed by atoms with E-state index in [1.807, 2.05) is 36.4 Å². The van der Waals surface area contributed by atoms with Crippen molar-refractivity contribution in [2.24, 2.45) is 0 Å². The Balaban J connectivity index is 1.79. The highest BCUT2D eigenvalue weighted by molar-refractivity contribution is 5.76. The normalized spacial score (nSPS) is 10.3. The van der Waals surface area contributed by atoms with Crippen molar-refractivity contribution in [3.05, 3.63) is 66.7 Å². The Labute approximate surface area is 134 Å². The van der Waals surface area contributed by atoms with Gasteiger partial charge < -0.3 is 27.3 Å². The van der Waals surface area contributed by atoms with Gasteiger partial charge in [0.05, 0.1) is 11.4 Å². The number of hydrogen-bond acceptors (Lipinski definition) is 5. The van der Waals surface area contributed by atoms with Gasteiger partial charge in [0.25, 0.3) is 0 Å². The van der Waals surface area contributed by atoms with E-state index in [9.17, 15) is 0 Å². The molecule has 0 fully saturated rings. The van der Waals surface area contributed by atoms with E-state index in [0.29, 0.717) is 22.8 Å². The molecule has 23 heavy (non-hydrogen) atoms. The quantitative estimate of drug-likeness (QED) is 0.547. The lowest BCUT2D eigenvalue weighted by Crippen LogP contribution is -1.98. The van der Waals surface area contributed by atoms with Crippen molar-refractivity contribution < 1.29 is 4.74 Å². The summed E-state index contributed by atoms with van der Waals surface area (Å²) in [6, 6.07) is 20.2. The summed E-state index contributed by atoms with van der Waals surface area (Å²) in [5.74, 6) is 1.43. The van der Waals surface area contributed by atoms with Crippen LogP contribution in [0.2, 0.25) is 0 Å². The number of benzene rings is 3. The molecule has 116 valence electrons. The number of hydrogen-bond donors (Lipinski definition) is 4. The summed E-state index contributed by atoms with van der Waals surface area (Å²) in [6.07, 6.45) is 0. The monoisotopic (exact) mass is 306 g/mol. The predicted octanol–water partition coefficient (Wildman–Crippen LogP) is 3.97. The minimum atomic E-state index is 0.629. The summed E-state index contributed by atoms with van der Waals surface area (Å²) in [7, 11) is 0. The van der Waals surface area contributed by atoms with Crippen molar-refractivity contribution in [2.45, 2.75) is 0 Å². The number of anilines is 5. The molecule has 3 rings (SSSR count). The number of ether oxygens (including phenoxy) is 1. The highest BCUT2D eigenvalue weighted by atomic mass is 16.5. The average Bonchev–Trinajstić information content (AvgIpc) is 2.54. The molecule has 0 aliphatic heterocycles. The molecule has 3 aromatic carbocycles. The molecule has 0 heterocycles. The molecular weight excluding hydrogens is 288 g/mol. The van der Waals surface area contributed by atoms with Crippen LogP contribution >= 0.6 is 0 Å². The maximum atomic E-state index is 5.95. The van der Waals surface area contributed by atoms with E-state index in [1.165, 1.54) is 0 Å². The second-order valence-corrected chi connectivity index (χ2v) is 5.17. The first kappa shape index (κ1) is 14.6. The molecule has 0 radical (unpaired) electrons. The summed E-state index contributed by atoms with van der Waals surface area (Å²) in [5.41, 5.74) is 21.0. The molecule has 0 aliphatic rings. The standard InChI is InChI=1S/C18H18N4O/c19-12-4-7-15(8-5-12)23-16-3-1-2-14(11-16)22-18-10-13(20)6-9-17(18)21/h1-11,22H,19-21H2. The Morgan fingerprint density at radius 2 is 1.43 bits per heavy atom. The maximum absolute atomic E-state index is 5.95. The third kappa shape index (κ3) is 3.65. The van der Waals surface area contributed by atoms with Crippen LogP contribution in [0.5, 0.6) is 11.5 Å². The van der Waals surface area contributed by atoms with Gasteiger partial charge in [0.2, 0.25) is 0 Å². The van der Waals surface area contributed by atoms with Crippen LogP contribution in [0.1, 0.15) is 0 Å². The largest absolute Gasteiger partial charge is 0.457 e. The zero-order valence-corrected chi connectivity index (χ0v) is 12.5. The Bertz CT molecular complexity index is 816. The molecule has 0 saturated carbocycles. The van der Waals surface area contributed by atoms with Crippen molar-refractivity contribution in [2.75, 3.05) is 22.5 Å². The first-order valence-corrected chi connectivity index (χ1v) is 7.16. The molecule has 0 bridgehead atoms. The van der Waals surface area contributed by atoms with E-state index in [4.69, 9.17) is 21.9 Å². The van der Waals surface area contributed by atoms with Crippen LogP contribution in [0.4, 0.5) is 28.4 Å². The topological polar surface area (TPSA) is 99.3 Å². The second kappa shape index (κ2) is 6.19. The van der Waals surface area contributed by atoms with E-state index in [1.54, 1.807) is 30.3 Å². The number of rotatable bonds is 4. The Morgan fingerprint density at radius 3 is 2.22 bits per heavy atom. The van der Waals surface area contributed by atoms with Crippen molar-refractivity contribution >= 4 is 28.4 Å². The summed E-state index contributed by atoms with van der Waals surface area (Å²) in [5, 5.41) is 3.24. The molecule has 0 atom stereocenters. The fourth-order valence-corrected chi connectivity index (χ4v) is 2.15. The molecule has 0 unspecified atom stereocenters. The van der Waals surface area contributed by atoms with Crippen LogP contribution in [-0.4, -0.2) is 0 Å². The number of nitrogens with two attached hydrogens (primary N) is 3. The summed E-state index contributed by atoms with van der Waals surface area (Å²) in [6.45, 7) is 0. The van der Waals surface area contributed by atoms with Crippen LogP contribution in [0.25, 0.3) is 0 Å². The maximum Gasteiger partial charge on any atom is 0.129 e. The fraction of sp³-hybridized carbons (Fsp3) is 0. The van der Waals surface area contributed by atoms with Gasteiger partial charge in [-0.2, -0.15) is 0 Å². The zero-order chi connectivity index (χ0) is 16.2. The fourth-order valence-electron chi connectivity index (χ4n) is 2.15. The van der Waals surface area contributed by atoms with Crippen molar-refractivity contribution in [1.82, 2.24) is 0 Å².